The second kappa shape index (κ2) is 7.42. The van der Waals surface area contributed by atoms with Crippen LogP contribution in [0, 0.1) is 6.92 Å². The molecule has 0 saturated heterocycles. The SMILES string of the molecule is Cc1ccc(Cn2cnc(NC(=S)Nc3ccccc3Cl)n2)cc1. The molecule has 122 valence electrons. The molecule has 2 N–H and O–H groups in total. The molecule has 7 heteroatoms. The standard InChI is InChI=1S/C17H16ClN5S/c1-12-6-8-13(9-7-12)10-23-11-19-16(22-23)21-17(24)20-15-5-3-2-4-14(15)18/h2-9,11H,10H2,1H3,(H2,20,21,22,24). The van der Waals surface area contributed by atoms with Crippen LogP contribution in [0.3, 0.4) is 0 Å². The molecule has 0 fully saturated rings. The summed E-state index contributed by atoms with van der Waals surface area (Å²) in [5.41, 5.74) is 3.13. The smallest absolute Gasteiger partial charge is 0.248 e. The first-order valence-electron chi connectivity index (χ1n) is 7.38. The van der Waals surface area contributed by atoms with E-state index in [1.54, 1.807) is 17.1 Å². The summed E-state index contributed by atoms with van der Waals surface area (Å²) in [6.45, 7) is 2.72. The number of nitrogens with zero attached hydrogens (tertiary/aromatic N) is 3. The zero-order chi connectivity index (χ0) is 16.9. The minimum atomic E-state index is 0.385. The maximum absolute atomic E-state index is 6.09. The quantitative estimate of drug-likeness (QED) is 0.688. The van der Waals surface area contributed by atoms with Gasteiger partial charge in [-0.25, -0.2) is 9.67 Å². The molecule has 24 heavy (non-hydrogen) atoms. The van der Waals surface area contributed by atoms with Crippen molar-refractivity contribution in [1.29, 1.82) is 0 Å². The number of aryl methyl sites for hydroxylation is 1. The van der Waals surface area contributed by atoms with Crippen molar-refractivity contribution in [3.8, 4) is 0 Å². The molecule has 3 aromatic rings. The third kappa shape index (κ3) is 4.31. The number of halogens is 1. The molecule has 2 aromatic carbocycles. The highest BCUT2D eigenvalue weighted by Gasteiger charge is 2.06. The maximum Gasteiger partial charge on any atom is 0.248 e. The highest BCUT2D eigenvalue weighted by Crippen LogP contribution is 2.20. The van der Waals surface area contributed by atoms with Crippen molar-refractivity contribution in [2.45, 2.75) is 13.5 Å². The molecule has 0 aliphatic rings. The number of hydrogen-bond acceptors (Lipinski definition) is 3. The van der Waals surface area contributed by atoms with Gasteiger partial charge >= 0.3 is 0 Å². The van der Waals surface area contributed by atoms with E-state index in [1.165, 1.54) is 5.56 Å². The molecule has 0 aliphatic heterocycles. The van der Waals surface area contributed by atoms with Gasteiger partial charge in [0.1, 0.15) is 6.33 Å². The monoisotopic (exact) mass is 357 g/mol. The van der Waals surface area contributed by atoms with Crippen molar-refractivity contribution in [2.75, 3.05) is 10.6 Å². The summed E-state index contributed by atoms with van der Waals surface area (Å²) in [6.07, 6.45) is 1.67. The van der Waals surface area contributed by atoms with E-state index >= 15 is 0 Å². The van der Waals surface area contributed by atoms with Crippen molar-refractivity contribution < 1.29 is 0 Å². The zero-order valence-electron chi connectivity index (χ0n) is 13.0. The molecule has 0 aliphatic carbocycles. The van der Waals surface area contributed by atoms with E-state index < -0.39 is 0 Å². The summed E-state index contributed by atoms with van der Waals surface area (Å²) >= 11 is 11.4. The van der Waals surface area contributed by atoms with Gasteiger partial charge in [0.25, 0.3) is 0 Å². The average Bonchev–Trinajstić information content (AvgIpc) is 2.99. The van der Waals surface area contributed by atoms with Crippen LogP contribution in [0.4, 0.5) is 11.6 Å². The van der Waals surface area contributed by atoms with E-state index in [-0.39, 0.29) is 0 Å². The Hall–Kier alpha value is -2.44. The normalized spacial score (nSPS) is 10.4. The minimum absolute atomic E-state index is 0.385. The second-order valence-electron chi connectivity index (χ2n) is 5.31. The molecular formula is C17H16ClN5S. The van der Waals surface area contributed by atoms with Crippen molar-refractivity contribution >= 4 is 40.6 Å². The number of anilines is 2. The van der Waals surface area contributed by atoms with Gasteiger partial charge in [-0.05, 0) is 36.8 Å². The van der Waals surface area contributed by atoms with Crippen LogP contribution in [-0.2, 0) is 6.54 Å². The van der Waals surface area contributed by atoms with Gasteiger partial charge in [0.2, 0.25) is 5.95 Å². The van der Waals surface area contributed by atoms with E-state index in [4.69, 9.17) is 23.8 Å². The van der Waals surface area contributed by atoms with Gasteiger partial charge in [-0.3, -0.25) is 5.32 Å². The van der Waals surface area contributed by atoms with Gasteiger partial charge in [0, 0.05) is 0 Å². The number of hydrogen-bond donors (Lipinski definition) is 2. The van der Waals surface area contributed by atoms with Gasteiger partial charge in [0.15, 0.2) is 5.11 Å². The van der Waals surface area contributed by atoms with Gasteiger partial charge in [-0.2, -0.15) is 0 Å². The van der Waals surface area contributed by atoms with Crippen LogP contribution < -0.4 is 10.6 Å². The van der Waals surface area contributed by atoms with Gasteiger partial charge in [-0.1, -0.05) is 53.6 Å². The number of aromatic nitrogens is 3. The van der Waals surface area contributed by atoms with Gasteiger partial charge in [-0.15, -0.1) is 5.10 Å². The Labute approximate surface area is 150 Å². The third-order valence-corrected chi connectivity index (χ3v) is 3.88. The van der Waals surface area contributed by atoms with Gasteiger partial charge < -0.3 is 5.32 Å². The second-order valence-corrected chi connectivity index (χ2v) is 6.13. The first-order valence-corrected chi connectivity index (χ1v) is 8.16. The van der Waals surface area contributed by atoms with Crippen LogP contribution in [-0.4, -0.2) is 19.9 Å². The van der Waals surface area contributed by atoms with Gasteiger partial charge in [0.05, 0.1) is 17.3 Å². The average molecular weight is 358 g/mol. The van der Waals surface area contributed by atoms with E-state index in [2.05, 4.69) is 51.9 Å². The Morgan fingerprint density at radius 3 is 2.62 bits per heavy atom. The summed E-state index contributed by atoms with van der Waals surface area (Å²) in [7, 11) is 0. The fraction of sp³-hybridized carbons (Fsp3) is 0.118. The van der Waals surface area contributed by atoms with Crippen LogP contribution in [0.2, 0.25) is 5.02 Å². The fourth-order valence-electron chi connectivity index (χ4n) is 2.13. The summed E-state index contributed by atoms with van der Waals surface area (Å²) in [5, 5.41) is 11.3. The van der Waals surface area contributed by atoms with Crippen molar-refractivity contribution in [3.05, 3.63) is 71.0 Å². The Balaban J connectivity index is 1.60. The number of para-hydroxylation sites is 1. The highest BCUT2D eigenvalue weighted by atomic mass is 35.5. The molecule has 0 radical (unpaired) electrons. The number of benzene rings is 2. The summed E-state index contributed by atoms with van der Waals surface area (Å²) in [4.78, 5) is 4.21. The fourth-order valence-corrected chi connectivity index (χ4v) is 2.51. The number of rotatable bonds is 4. The molecule has 1 aromatic heterocycles. The summed E-state index contributed by atoms with van der Waals surface area (Å²) < 4.78 is 1.76. The molecule has 0 atom stereocenters. The lowest BCUT2D eigenvalue weighted by atomic mass is 10.1. The van der Waals surface area contributed by atoms with E-state index in [0.717, 1.165) is 11.3 Å². The van der Waals surface area contributed by atoms with Crippen LogP contribution in [0.5, 0.6) is 0 Å². The molecule has 3 rings (SSSR count). The van der Waals surface area contributed by atoms with Crippen LogP contribution in [0.25, 0.3) is 0 Å². The lowest BCUT2D eigenvalue weighted by Gasteiger charge is -2.09. The molecule has 0 bridgehead atoms. The lowest BCUT2D eigenvalue weighted by molar-refractivity contribution is 0.687. The molecule has 0 saturated carbocycles. The van der Waals surface area contributed by atoms with E-state index in [9.17, 15) is 0 Å². The third-order valence-electron chi connectivity index (χ3n) is 3.35. The van der Waals surface area contributed by atoms with Crippen LogP contribution in [0.15, 0.2) is 54.9 Å². The first-order chi connectivity index (χ1) is 11.6. The Kier molecular flexibility index (Phi) is 5.08. The Bertz CT molecular complexity index is 844. The Morgan fingerprint density at radius 2 is 1.88 bits per heavy atom. The first kappa shape index (κ1) is 16.4. The summed E-state index contributed by atoms with van der Waals surface area (Å²) in [5.74, 6) is 0.437. The molecular weight excluding hydrogens is 342 g/mol. The zero-order valence-corrected chi connectivity index (χ0v) is 14.6. The topological polar surface area (TPSA) is 54.8 Å². The maximum atomic E-state index is 6.09. The minimum Gasteiger partial charge on any atom is -0.331 e. The molecule has 1 heterocycles. The molecule has 5 nitrogen and oxygen atoms in total. The number of thiocarbonyl (C=S) groups is 1. The van der Waals surface area contributed by atoms with E-state index in [0.29, 0.717) is 22.6 Å². The summed E-state index contributed by atoms with van der Waals surface area (Å²) in [6, 6.07) is 15.7. The lowest BCUT2D eigenvalue weighted by Crippen LogP contribution is -2.20. The van der Waals surface area contributed by atoms with Crippen molar-refractivity contribution in [3.63, 3.8) is 0 Å². The van der Waals surface area contributed by atoms with Crippen molar-refractivity contribution in [2.24, 2.45) is 0 Å². The van der Waals surface area contributed by atoms with Crippen molar-refractivity contribution in [1.82, 2.24) is 14.8 Å². The van der Waals surface area contributed by atoms with Crippen LogP contribution in [0.1, 0.15) is 11.1 Å². The Morgan fingerprint density at radius 1 is 1.12 bits per heavy atom. The highest BCUT2D eigenvalue weighted by molar-refractivity contribution is 7.80. The predicted molar refractivity (Wildman–Crippen MR) is 102 cm³/mol. The van der Waals surface area contributed by atoms with Crippen LogP contribution >= 0.6 is 23.8 Å². The number of nitrogens with one attached hydrogen (secondary N) is 2. The largest absolute Gasteiger partial charge is 0.331 e. The predicted octanol–water partition coefficient (Wildman–Crippen LogP) is 4.10. The molecule has 0 spiro atoms. The molecule has 0 unspecified atom stereocenters. The molecule has 0 amide bonds. The van der Waals surface area contributed by atoms with E-state index in [1.807, 2.05) is 18.2 Å².